The van der Waals surface area contributed by atoms with Crippen molar-refractivity contribution in [1.29, 1.82) is 0 Å². The van der Waals surface area contributed by atoms with Gasteiger partial charge in [-0.1, -0.05) is 11.6 Å². The van der Waals surface area contributed by atoms with Gasteiger partial charge in [0.1, 0.15) is 16.5 Å². The first-order chi connectivity index (χ1) is 16.1. The summed E-state index contributed by atoms with van der Waals surface area (Å²) in [5.41, 5.74) is 0.216. The van der Waals surface area contributed by atoms with E-state index in [1.807, 2.05) is 13.8 Å². The molecule has 0 radical (unpaired) electrons. The first-order valence-corrected chi connectivity index (χ1v) is 14.9. The number of anilines is 1. The molecule has 34 heavy (non-hydrogen) atoms. The Morgan fingerprint density at radius 2 is 1.91 bits per heavy atom. The Kier molecular flexibility index (Phi) is 6.19. The van der Waals surface area contributed by atoms with Gasteiger partial charge in [-0.25, -0.2) is 19.2 Å². The number of hydrogen-bond donors (Lipinski definition) is 2. The highest BCUT2D eigenvalue weighted by Gasteiger charge is 2.43. The van der Waals surface area contributed by atoms with Crippen molar-refractivity contribution in [1.82, 2.24) is 19.9 Å². The molecule has 3 aliphatic rings. The van der Waals surface area contributed by atoms with Crippen LogP contribution in [-0.2, 0) is 26.9 Å². The minimum absolute atomic E-state index is 0.0286. The van der Waals surface area contributed by atoms with E-state index in [4.69, 9.17) is 11.6 Å². The molecule has 4 heterocycles. The molecule has 0 aromatic carbocycles. The fourth-order valence-corrected chi connectivity index (χ4v) is 8.37. The predicted octanol–water partition coefficient (Wildman–Crippen LogP) is 3.37. The molecule has 2 N–H and O–H groups in total. The molecule has 2 aromatic rings. The number of aliphatic hydroxyl groups is 1. The van der Waals surface area contributed by atoms with Crippen molar-refractivity contribution in [2.75, 3.05) is 23.4 Å². The Morgan fingerprint density at radius 1 is 1.24 bits per heavy atom. The van der Waals surface area contributed by atoms with Gasteiger partial charge in [0.2, 0.25) is 0 Å². The van der Waals surface area contributed by atoms with Crippen LogP contribution in [0.15, 0.2) is 21.7 Å². The maximum absolute atomic E-state index is 13.6. The van der Waals surface area contributed by atoms with Crippen LogP contribution >= 0.6 is 11.6 Å². The van der Waals surface area contributed by atoms with Crippen molar-refractivity contribution in [2.45, 2.75) is 73.5 Å². The van der Waals surface area contributed by atoms with Crippen LogP contribution in [0.25, 0.3) is 0 Å². The number of halogens is 1. The van der Waals surface area contributed by atoms with Crippen LogP contribution in [0.4, 0.5) is 11.8 Å². The lowest BCUT2D eigenvalue weighted by Gasteiger charge is -2.41. The van der Waals surface area contributed by atoms with E-state index in [-0.39, 0.29) is 18.5 Å². The second-order valence-electron chi connectivity index (χ2n) is 10.1. The topological polar surface area (TPSA) is 130 Å². The highest BCUT2D eigenvalue weighted by atomic mass is 35.5. The lowest BCUT2D eigenvalue weighted by molar-refractivity contribution is 0.143. The lowest BCUT2D eigenvalue weighted by Crippen LogP contribution is -2.48. The summed E-state index contributed by atoms with van der Waals surface area (Å²) in [6.45, 7) is 3.85. The molecule has 1 saturated heterocycles. The third kappa shape index (κ3) is 4.47. The number of rotatable bonds is 5. The number of aromatic nitrogens is 4. The summed E-state index contributed by atoms with van der Waals surface area (Å²) in [5, 5.41) is 13.8. The average Bonchev–Trinajstić information content (AvgIpc) is 3.00. The molecule has 0 spiro atoms. The molecule has 12 heteroatoms. The summed E-state index contributed by atoms with van der Waals surface area (Å²) in [6.07, 6.45) is 7.65. The molecule has 0 unspecified atom stereocenters. The van der Waals surface area contributed by atoms with Crippen LogP contribution in [0.5, 0.6) is 0 Å². The van der Waals surface area contributed by atoms with E-state index in [1.54, 1.807) is 12.4 Å². The van der Waals surface area contributed by atoms with Gasteiger partial charge in [0.05, 0.1) is 48.1 Å². The summed E-state index contributed by atoms with van der Waals surface area (Å²) in [7, 11) is -3.84. The Bertz CT molecular complexity index is 1240. The van der Waals surface area contributed by atoms with E-state index in [0.717, 1.165) is 19.3 Å². The Labute approximate surface area is 207 Å². The Morgan fingerprint density at radius 3 is 2.50 bits per heavy atom. The molecular weight excluding hydrogens is 496 g/mol. The zero-order valence-corrected chi connectivity index (χ0v) is 21.7. The Hall–Kier alpha value is -1.69. The summed E-state index contributed by atoms with van der Waals surface area (Å²) >= 11 is 5.89. The number of fused-ring (bicyclic) bond motifs is 1. The zero-order valence-electron chi connectivity index (χ0n) is 19.3. The molecule has 2 aromatic heterocycles. The molecular formula is C22H29ClN6O3S2. The fraction of sp³-hybridized carbons (Fsp3) is 0.636. The normalized spacial score (nSPS) is 29.2. The third-order valence-electron chi connectivity index (χ3n) is 7.03. The van der Waals surface area contributed by atoms with Gasteiger partial charge >= 0.3 is 0 Å². The van der Waals surface area contributed by atoms with Crippen LogP contribution in [0, 0.1) is 0 Å². The second-order valence-corrected chi connectivity index (χ2v) is 15.1. The molecule has 1 aliphatic carbocycles. The van der Waals surface area contributed by atoms with Gasteiger partial charge in [-0.3, -0.25) is 4.21 Å². The van der Waals surface area contributed by atoms with E-state index in [0.29, 0.717) is 58.0 Å². The maximum Gasteiger partial charge on any atom is 0.259 e. The minimum atomic E-state index is -2.54. The molecule has 1 saturated carbocycles. The lowest BCUT2D eigenvalue weighted by atomic mass is 9.77. The van der Waals surface area contributed by atoms with Gasteiger partial charge in [-0.05, 0) is 46.0 Å². The van der Waals surface area contributed by atoms with Crippen molar-refractivity contribution < 1.29 is 13.5 Å². The summed E-state index contributed by atoms with van der Waals surface area (Å²) < 4.78 is 30.9. The molecule has 0 amide bonds. The molecule has 1 atom stereocenters. The van der Waals surface area contributed by atoms with Crippen molar-refractivity contribution >= 4 is 43.9 Å². The van der Waals surface area contributed by atoms with Gasteiger partial charge in [0.15, 0.2) is 0 Å². The maximum atomic E-state index is 13.6. The van der Waals surface area contributed by atoms with E-state index >= 15 is 0 Å². The third-order valence-corrected chi connectivity index (χ3v) is 11.4. The molecule has 184 valence electrons. The van der Waals surface area contributed by atoms with Crippen molar-refractivity contribution in [3.8, 4) is 0 Å². The quantitative estimate of drug-likeness (QED) is 0.608. The van der Waals surface area contributed by atoms with E-state index in [9.17, 15) is 13.5 Å². The van der Waals surface area contributed by atoms with E-state index < -0.39 is 30.8 Å². The first kappa shape index (κ1) is 24.0. The summed E-state index contributed by atoms with van der Waals surface area (Å²) in [4.78, 5) is 18.4. The number of nitrogens with zero attached hydrogens (tertiary/aromatic N) is 5. The van der Waals surface area contributed by atoms with Gasteiger partial charge in [-0.15, -0.1) is 0 Å². The van der Waals surface area contributed by atoms with E-state index in [1.165, 1.54) is 0 Å². The molecule has 5 rings (SSSR count). The van der Waals surface area contributed by atoms with Gasteiger partial charge in [-0.2, -0.15) is 9.35 Å². The number of aliphatic hydroxyl groups excluding tert-OH is 1. The van der Waals surface area contributed by atoms with Crippen molar-refractivity contribution in [2.24, 2.45) is 4.36 Å². The summed E-state index contributed by atoms with van der Waals surface area (Å²) in [6, 6.07) is 0. The fourth-order valence-electron chi connectivity index (χ4n) is 4.78. The second kappa shape index (κ2) is 8.76. The van der Waals surface area contributed by atoms with Crippen LogP contribution in [0.2, 0.25) is 5.02 Å². The van der Waals surface area contributed by atoms with Crippen LogP contribution in [0.1, 0.15) is 63.4 Å². The van der Waals surface area contributed by atoms with Crippen LogP contribution in [-0.4, -0.2) is 61.9 Å². The van der Waals surface area contributed by atoms with Gasteiger partial charge in [0, 0.05) is 36.2 Å². The monoisotopic (exact) mass is 524 g/mol. The molecule has 2 aliphatic heterocycles. The standard InChI is InChI=1S/C22H29ClN6O3S2/c1-21(2)10-16-17(33(21)31)19(28-22(13-30)6-3-7-22)27-20(26-16)29-34(32)8-4-14(5-9-34)18-24-11-15(23)12-25-18/h11-12,14,30H,3-10,13H2,1-2H3,(H,26,27,28)/t14?,33-,34?/m0/s1. The highest BCUT2D eigenvalue weighted by molar-refractivity contribution is 7.93. The molecule has 9 nitrogen and oxygen atoms in total. The van der Waals surface area contributed by atoms with Gasteiger partial charge in [0.25, 0.3) is 5.95 Å². The Balaban J connectivity index is 1.45. The van der Waals surface area contributed by atoms with E-state index in [2.05, 4.69) is 29.6 Å². The van der Waals surface area contributed by atoms with Crippen molar-refractivity contribution in [3.05, 3.63) is 28.9 Å². The smallest absolute Gasteiger partial charge is 0.259 e. The van der Waals surface area contributed by atoms with Crippen LogP contribution in [0.3, 0.4) is 0 Å². The molecule has 2 fully saturated rings. The minimum Gasteiger partial charge on any atom is -0.394 e. The SMILES string of the molecule is CC1(C)Cc2nc(N=S3(=O)CCC(c4ncc(Cl)cn4)CC3)nc(NC3(CO)CCC3)c2[S@@]1=O. The number of hydrogen-bond acceptors (Lipinski definition) is 9. The predicted molar refractivity (Wildman–Crippen MR) is 132 cm³/mol. The highest BCUT2D eigenvalue weighted by Crippen LogP contribution is 2.42. The average molecular weight is 525 g/mol. The molecule has 0 bridgehead atoms. The largest absolute Gasteiger partial charge is 0.394 e. The number of nitrogens with one attached hydrogen (secondary N) is 1. The zero-order chi connectivity index (χ0) is 24.1. The van der Waals surface area contributed by atoms with Gasteiger partial charge < -0.3 is 10.4 Å². The van der Waals surface area contributed by atoms with Crippen molar-refractivity contribution in [3.63, 3.8) is 0 Å². The first-order valence-electron chi connectivity index (χ1n) is 11.5. The van der Waals surface area contributed by atoms with Crippen LogP contribution < -0.4 is 5.32 Å². The summed E-state index contributed by atoms with van der Waals surface area (Å²) in [5.74, 6) is 2.26.